The average molecular weight is 438 g/mol. The summed E-state index contributed by atoms with van der Waals surface area (Å²) in [7, 11) is 0. The van der Waals surface area contributed by atoms with Crippen LogP contribution < -0.4 is 0 Å². The lowest BCUT2D eigenvalue weighted by atomic mass is 9.88. The summed E-state index contributed by atoms with van der Waals surface area (Å²) in [4.78, 5) is 39.3. The van der Waals surface area contributed by atoms with Crippen LogP contribution >= 0.6 is 0 Å². The fraction of sp³-hybridized carbons (Fsp3) is 0.423. The minimum Gasteiger partial charge on any atom is -0.480 e. The van der Waals surface area contributed by atoms with E-state index in [1.807, 2.05) is 54.6 Å². The summed E-state index contributed by atoms with van der Waals surface area (Å²) in [6.45, 7) is 4.09. The summed E-state index contributed by atoms with van der Waals surface area (Å²) in [6.07, 6.45) is 1.90. The highest BCUT2D eigenvalue weighted by molar-refractivity contribution is 5.86. The predicted molar refractivity (Wildman–Crippen MR) is 121 cm³/mol. The molecule has 1 aliphatic rings. The van der Waals surface area contributed by atoms with Gasteiger partial charge in [0.15, 0.2) is 0 Å². The van der Waals surface area contributed by atoms with Gasteiger partial charge in [-0.1, -0.05) is 61.5 Å². The fourth-order valence-corrected chi connectivity index (χ4v) is 4.36. The molecule has 0 saturated heterocycles. The van der Waals surface area contributed by atoms with E-state index in [4.69, 9.17) is 4.74 Å². The second kappa shape index (κ2) is 10.9. The van der Waals surface area contributed by atoms with Crippen molar-refractivity contribution in [2.75, 3.05) is 6.61 Å². The number of hydrogen-bond acceptors (Lipinski definition) is 4. The molecule has 0 bridgehead atoms. The van der Waals surface area contributed by atoms with Crippen LogP contribution in [0.25, 0.3) is 0 Å². The Morgan fingerprint density at radius 1 is 1.06 bits per heavy atom. The zero-order valence-electron chi connectivity index (χ0n) is 18.7. The number of nitrogens with zero attached hydrogens (tertiary/aromatic N) is 1. The SMILES string of the molecule is CCOC(=O)[C@H](CCc1ccccc1)C[C@@H](C)C(=O)N1Cc2ccccc2C[C@H]1C(=O)O. The van der Waals surface area contributed by atoms with Crippen LogP contribution in [0.15, 0.2) is 54.6 Å². The Balaban J connectivity index is 1.72. The molecule has 0 fully saturated rings. The molecule has 32 heavy (non-hydrogen) atoms. The molecule has 2 aromatic rings. The second-order valence-electron chi connectivity index (χ2n) is 8.40. The number of aryl methyl sites for hydroxylation is 1. The van der Waals surface area contributed by atoms with Crippen molar-refractivity contribution >= 4 is 17.8 Å². The maximum absolute atomic E-state index is 13.3. The van der Waals surface area contributed by atoms with Crippen molar-refractivity contribution in [1.29, 1.82) is 0 Å². The van der Waals surface area contributed by atoms with Gasteiger partial charge in [-0.25, -0.2) is 4.79 Å². The maximum Gasteiger partial charge on any atom is 0.326 e. The van der Waals surface area contributed by atoms with Crippen molar-refractivity contribution in [2.45, 2.75) is 52.1 Å². The van der Waals surface area contributed by atoms with E-state index >= 15 is 0 Å². The van der Waals surface area contributed by atoms with E-state index in [1.54, 1.807) is 13.8 Å². The number of hydrogen-bond donors (Lipinski definition) is 1. The van der Waals surface area contributed by atoms with Crippen LogP contribution in [0.1, 0.15) is 43.4 Å². The summed E-state index contributed by atoms with van der Waals surface area (Å²) in [5.74, 6) is -2.46. The number of fused-ring (bicyclic) bond motifs is 1. The lowest BCUT2D eigenvalue weighted by Crippen LogP contribution is -2.50. The first kappa shape index (κ1) is 23.5. The molecule has 6 nitrogen and oxygen atoms in total. The molecule has 1 heterocycles. The molecule has 6 heteroatoms. The molecular weight excluding hydrogens is 406 g/mol. The quantitative estimate of drug-likeness (QED) is 0.602. The van der Waals surface area contributed by atoms with Gasteiger partial charge in [0.1, 0.15) is 6.04 Å². The Kier molecular flexibility index (Phi) is 8.03. The maximum atomic E-state index is 13.3. The highest BCUT2D eigenvalue weighted by atomic mass is 16.5. The van der Waals surface area contributed by atoms with Crippen LogP contribution in [0.4, 0.5) is 0 Å². The summed E-state index contributed by atoms with van der Waals surface area (Å²) < 4.78 is 5.27. The first-order valence-electron chi connectivity index (χ1n) is 11.2. The Morgan fingerprint density at radius 2 is 1.72 bits per heavy atom. The van der Waals surface area contributed by atoms with Gasteiger partial charge in [-0.15, -0.1) is 0 Å². The number of carbonyl (C=O) groups is 3. The number of carbonyl (C=O) groups excluding carboxylic acids is 2. The standard InChI is InChI=1S/C26H31NO5/c1-3-32-26(31)21(14-13-19-9-5-4-6-10-19)15-18(2)24(28)27-17-22-12-8-7-11-20(22)16-23(27)25(29)30/h4-12,18,21,23H,3,13-17H2,1-2H3,(H,29,30)/t18-,21-,23+/m1/s1. The van der Waals surface area contributed by atoms with Crippen LogP contribution in [0.2, 0.25) is 0 Å². The lowest BCUT2D eigenvalue weighted by molar-refractivity contribution is -0.155. The van der Waals surface area contributed by atoms with Crippen molar-refractivity contribution in [3.63, 3.8) is 0 Å². The summed E-state index contributed by atoms with van der Waals surface area (Å²) >= 11 is 0. The highest BCUT2D eigenvalue weighted by Gasteiger charge is 2.37. The van der Waals surface area contributed by atoms with Crippen LogP contribution in [-0.4, -0.2) is 40.5 Å². The molecule has 0 aliphatic carbocycles. The van der Waals surface area contributed by atoms with Gasteiger partial charge in [0.2, 0.25) is 5.91 Å². The van der Waals surface area contributed by atoms with Crippen molar-refractivity contribution < 1.29 is 24.2 Å². The molecular formula is C26H31NO5. The summed E-state index contributed by atoms with van der Waals surface area (Å²) in [5, 5.41) is 9.75. The zero-order chi connectivity index (χ0) is 23.1. The minimum atomic E-state index is -1.01. The van der Waals surface area contributed by atoms with Gasteiger partial charge in [0.05, 0.1) is 12.5 Å². The number of carboxylic acid groups (broad SMARTS) is 1. The monoisotopic (exact) mass is 437 g/mol. The number of benzene rings is 2. The summed E-state index contributed by atoms with van der Waals surface area (Å²) in [6, 6.07) is 16.6. The van der Waals surface area contributed by atoms with Crippen molar-refractivity contribution in [3.05, 3.63) is 71.3 Å². The van der Waals surface area contributed by atoms with Gasteiger partial charge in [-0.3, -0.25) is 9.59 Å². The third kappa shape index (κ3) is 5.75. The fourth-order valence-electron chi connectivity index (χ4n) is 4.36. The number of amides is 1. The van der Waals surface area contributed by atoms with Crippen LogP contribution in [-0.2, 0) is 38.5 Å². The molecule has 0 saturated carbocycles. The normalized spacial score (nSPS) is 17.2. The van der Waals surface area contributed by atoms with Gasteiger partial charge in [-0.2, -0.15) is 0 Å². The zero-order valence-corrected chi connectivity index (χ0v) is 18.7. The molecule has 1 aliphatic heterocycles. The number of esters is 1. The number of carboxylic acids is 1. The van der Waals surface area contributed by atoms with E-state index in [9.17, 15) is 19.5 Å². The third-order valence-corrected chi connectivity index (χ3v) is 6.12. The molecule has 3 rings (SSSR count). The second-order valence-corrected chi connectivity index (χ2v) is 8.40. The Bertz CT molecular complexity index is 942. The largest absolute Gasteiger partial charge is 0.480 e. The molecule has 170 valence electrons. The Morgan fingerprint density at radius 3 is 2.38 bits per heavy atom. The van der Waals surface area contributed by atoms with Gasteiger partial charge in [-0.05, 0) is 42.9 Å². The first-order valence-corrected chi connectivity index (χ1v) is 11.2. The van der Waals surface area contributed by atoms with E-state index in [1.165, 1.54) is 4.90 Å². The summed E-state index contributed by atoms with van der Waals surface area (Å²) in [5.41, 5.74) is 3.06. The van der Waals surface area contributed by atoms with Gasteiger partial charge < -0.3 is 14.7 Å². The van der Waals surface area contributed by atoms with Crippen LogP contribution in [0.5, 0.6) is 0 Å². The minimum absolute atomic E-state index is 0.235. The number of aliphatic carboxylic acids is 1. The van der Waals surface area contributed by atoms with Crippen molar-refractivity contribution in [3.8, 4) is 0 Å². The molecule has 3 atom stereocenters. The number of rotatable bonds is 9. The van der Waals surface area contributed by atoms with E-state index in [0.29, 0.717) is 25.7 Å². The van der Waals surface area contributed by atoms with E-state index in [2.05, 4.69) is 0 Å². The topological polar surface area (TPSA) is 83.9 Å². The Labute approximate surface area is 189 Å². The van der Waals surface area contributed by atoms with Crippen LogP contribution in [0, 0.1) is 11.8 Å². The van der Waals surface area contributed by atoms with Crippen LogP contribution in [0.3, 0.4) is 0 Å². The molecule has 1 amide bonds. The lowest BCUT2D eigenvalue weighted by Gasteiger charge is -2.36. The molecule has 0 unspecified atom stereocenters. The van der Waals surface area contributed by atoms with Gasteiger partial charge >= 0.3 is 11.9 Å². The van der Waals surface area contributed by atoms with E-state index in [0.717, 1.165) is 16.7 Å². The average Bonchev–Trinajstić information content (AvgIpc) is 2.80. The molecule has 0 aromatic heterocycles. The Hall–Kier alpha value is -3.15. The molecule has 1 N–H and O–H groups in total. The van der Waals surface area contributed by atoms with Gasteiger partial charge in [0.25, 0.3) is 0 Å². The van der Waals surface area contributed by atoms with Crippen molar-refractivity contribution in [1.82, 2.24) is 4.90 Å². The third-order valence-electron chi connectivity index (χ3n) is 6.12. The predicted octanol–water partition coefficient (Wildman–Crippen LogP) is 3.86. The smallest absolute Gasteiger partial charge is 0.326 e. The van der Waals surface area contributed by atoms with Crippen molar-refractivity contribution in [2.24, 2.45) is 11.8 Å². The molecule has 0 spiro atoms. The van der Waals surface area contributed by atoms with E-state index < -0.39 is 23.8 Å². The van der Waals surface area contributed by atoms with E-state index in [-0.39, 0.29) is 25.0 Å². The molecule has 0 radical (unpaired) electrons. The van der Waals surface area contributed by atoms with Gasteiger partial charge in [0, 0.05) is 18.9 Å². The number of ether oxygens (including phenoxy) is 1. The first-order chi connectivity index (χ1) is 15.4. The molecule has 2 aromatic carbocycles. The highest BCUT2D eigenvalue weighted by Crippen LogP contribution is 2.28.